The molecule has 0 bridgehead atoms. The highest BCUT2D eigenvalue weighted by atomic mass is 16.5. The number of aryl methyl sites for hydroxylation is 2. The van der Waals surface area contributed by atoms with Gasteiger partial charge in [0.2, 0.25) is 5.88 Å². The van der Waals surface area contributed by atoms with Gasteiger partial charge in [0.1, 0.15) is 5.75 Å². The first-order valence-electron chi connectivity index (χ1n) is 6.48. The Kier molecular flexibility index (Phi) is 3.74. The molecule has 100 valence electrons. The third-order valence-electron chi connectivity index (χ3n) is 3.13. The Morgan fingerprint density at radius 3 is 2.53 bits per heavy atom. The van der Waals surface area contributed by atoms with Crippen molar-refractivity contribution >= 4 is 5.69 Å². The molecule has 0 aliphatic heterocycles. The number of anilines is 1. The second kappa shape index (κ2) is 5.31. The first kappa shape index (κ1) is 13.4. The minimum atomic E-state index is 0.408. The van der Waals surface area contributed by atoms with E-state index in [1.165, 1.54) is 11.1 Å². The van der Waals surface area contributed by atoms with Crippen molar-refractivity contribution in [1.29, 1.82) is 0 Å². The Hall–Kier alpha value is -2.03. The van der Waals surface area contributed by atoms with Gasteiger partial charge < -0.3 is 10.5 Å². The molecule has 0 aliphatic carbocycles. The summed E-state index contributed by atoms with van der Waals surface area (Å²) in [6, 6.07) is 8.12. The van der Waals surface area contributed by atoms with Crippen LogP contribution < -0.4 is 10.5 Å². The number of ether oxygens (including phenoxy) is 1. The monoisotopic (exact) mass is 256 g/mol. The SMILES string of the molecule is Cc1ccc(C(C)C)c(Oc2cc(C)c(N)cn2)c1. The normalized spacial score (nSPS) is 10.8. The Balaban J connectivity index is 2.36. The summed E-state index contributed by atoms with van der Waals surface area (Å²) in [5, 5.41) is 0. The number of aromatic nitrogens is 1. The van der Waals surface area contributed by atoms with Crippen LogP contribution in [0.3, 0.4) is 0 Å². The smallest absolute Gasteiger partial charge is 0.219 e. The van der Waals surface area contributed by atoms with Gasteiger partial charge >= 0.3 is 0 Å². The van der Waals surface area contributed by atoms with Crippen molar-refractivity contribution in [3.63, 3.8) is 0 Å². The van der Waals surface area contributed by atoms with Gasteiger partial charge in [0.05, 0.1) is 11.9 Å². The zero-order chi connectivity index (χ0) is 14.0. The molecule has 2 aromatic rings. The number of pyridine rings is 1. The summed E-state index contributed by atoms with van der Waals surface area (Å²) in [4.78, 5) is 4.22. The van der Waals surface area contributed by atoms with Crippen LogP contribution in [0.1, 0.15) is 36.5 Å². The maximum atomic E-state index is 5.92. The van der Waals surface area contributed by atoms with Crippen molar-refractivity contribution in [2.24, 2.45) is 0 Å². The molecule has 1 heterocycles. The third kappa shape index (κ3) is 3.05. The summed E-state index contributed by atoms with van der Waals surface area (Å²) in [7, 11) is 0. The number of rotatable bonds is 3. The van der Waals surface area contributed by atoms with E-state index >= 15 is 0 Å². The van der Waals surface area contributed by atoms with Gasteiger partial charge in [-0.1, -0.05) is 26.0 Å². The summed E-state index contributed by atoms with van der Waals surface area (Å²) in [5.74, 6) is 1.86. The van der Waals surface area contributed by atoms with E-state index < -0.39 is 0 Å². The van der Waals surface area contributed by atoms with Gasteiger partial charge in [0.25, 0.3) is 0 Å². The molecule has 0 unspecified atom stereocenters. The van der Waals surface area contributed by atoms with Crippen molar-refractivity contribution < 1.29 is 4.74 Å². The number of nitrogens with two attached hydrogens (primary N) is 1. The van der Waals surface area contributed by atoms with E-state index in [9.17, 15) is 0 Å². The van der Waals surface area contributed by atoms with Gasteiger partial charge in [-0.05, 0) is 42.5 Å². The Morgan fingerprint density at radius 2 is 1.89 bits per heavy atom. The molecule has 3 heteroatoms. The van der Waals surface area contributed by atoms with Crippen LogP contribution in [0.25, 0.3) is 0 Å². The van der Waals surface area contributed by atoms with Gasteiger partial charge in [-0.3, -0.25) is 0 Å². The van der Waals surface area contributed by atoms with E-state index in [0.29, 0.717) is 17.5 Å². The van der Waals surface area contributed by atoms with Crippen LogP contribution in [0, 0.1) is 13.8 Å². The van der Waals surface area contributed by atoms with Gasteiger partial charge in [-0.2, -0.15) is 0 Å². The lowest BCUT2D eigenvalue weighted by Gasteiger charge is -2.14. The Labute approximate surface area is 114 Å². The van der Waals surface area contributed by atoms with Crippen molar-refractivity contribution in [1.82, 2.24) is 4.98 Å². The average Bonchev–Trinajstić information content (AvgIpc) is 2.33. The lowest BCUT2D eigenvalue weighted by molar-refractivity contribution is 0.454. The summed E-state index contributed by atoms with van der Waals surface area (Å²) in [6.45, 7) is 8.31. The van der Waals surface area contributed by atoms with Crippen LogP contribution >= 0.6 is 0 Å². The van der Waals surface area contributed by atoms with Crippen LogP contribution in [-0.4, -0.2) is 4.98 Å². The molecule has 2 N–H and O–H groups in total. The molecule has 0 aliphatic rings. The number of benzene rings is 1. The summed E-state index contributed by atoms with van der Waals surface area (Å²) in [6.07, 6.45) is 1.63. The standard InChI is InChI=1S/C16H20N2O/c1-10(2)13-6-5-11(3)7-15(13)19-16-8-12(4)14(17)9-18-16/h5-10H,17H2,1-4H3. The second-order valence-corrected chi connectivity index (χ2v) is 5.18. The molecular formula is C16H20N2O. The third-order valence-corrected chi connectivity index (χ3v) is 3.13. The van der Waals surface area contributed by atoms with Gasteiger partial charge in [0, 0.05) is 6.07 Å². The highest BCUT2D eigenvalue weighted by Gasteiger charge is 2.10. The molecule has 2 rings (SSSR count). The maximum absolute atomic E-state index is 5.92. The zero-order valence-corrected chi connectivity index (χ0v) is 11.9. The summed E-state index contributed by atoms with van der Waals surface area (Å²) < 4.78 is 5.92. The van der Waals surface area contributed by atoms with Crippen molar-refractivity contribution in [3.8, 4) is 11.6 Å². The summed E-state index contributed by atoms with van der Waals surface area (Å²) in [5.41, 5.74) is 9.78. The fraction of sp³-hybridized carbons (Fsp3) is 0.312. The molecule has 0 atom stereocenters. The van der Waals surface area contributed by atoms with E-state index in [2.05, 4.69) is 37.9 Å². The Morgan fingerprint density at radius 1 is 1.16 bits per heavy atom. The van der Waals surface area contributed by atoms with E-state index in [1.54, 1.807) is 6.20 Å². The minimum Gasteiger partial charge on any atom is -0.439 e. The van der Waals surface area contributed by atoms with Crippen LogP contribution in [0.15, 0.2) is 30.5 Å². The predicted molar refractivity (Wildman–Crippen MR) is 78.7 cm³/mol. The number of hydrogen-bond acceptors (Lipinski definition) is 3. The van der Waals surface area contributed by atoms with Gasteiger partial charge in [0.15, 0.2) is 0 Å². The molecule has 1 aromatic carbocycles. The van der Waals surface area contributed by atoms with Gasteiger partial charge in [-0.15, -0.1) is 0 Å². The molecule has 1 aromatic heterocycles. The van der Waals surface area contributed by atoms with Crippen LogP contribution in [0.4, 0.5) is 5.69 Å². The average molecular weight is 256 g/mol. The number of nitrogen functional groups attached to an aromatic ring is 1. The number of nitrogens with zero attached hydrogens (tertiary/aromatic N) is 1. The molecule has 0 spiro atoms. The van der Waals surface area contributed by atoms with E-state index in [4.69, 9.17) is 10.5 Å². The predicted octanol–water partition coefficient (Wildman–Crippen LogP) is 4.20. The van der Waals surface area contributed by atoms with Crippen LogP contribution in [0.2, 0.25) is 0 Å². The van der Waals surface area contributed by atoms with Crippen LogP contribution in [-0.2, 0) is 0 Å². The largest absolute Gasteiger partial charge is 0.439 e. The highest BCUT2D eigenvalue weighted by Crippen LogP contribution is 2.31. The zero-order valence-electron chi connectivity index (χ0n) is 11.9. The van der Waals surface area contributed by atoms with Crippen molar-refractivity contribution in [3.05, 3.63) is 47.2 Å². The van der Waals surface area contributed by atoms with E-state index in [0.717, 1.165) is 11.3 Å². The van der Waals surface area contributed by atoms with Crippen molar-refractivity contribution in [2.45, 2.75) is 33.6 Å². The first-order chi connectivity index (χ1) is 8.97. The first-order valence-corrected chi connectivity index (χ1v) is 6.48. The number of hydrogen-bond donors (Lipinski definition) is 1. The molecule has 0 saturated carbocycles. The molecule has 19 heavy (non-hydrogen) atoms. The summed E-state index contributed by atoms with van der Waals surface area (Å²) >= 11 is 0. The lowest BCUT2D eigenvalue weighted by Crippen LogP contribution is -1.97. The fourth-order valence-electron chi connectivity index (χ4n) is 1.92. The topological polar surface area (TPSA) is 48.1 Å². The maximum Gasteiger partial charge on any atom is 0.219 e. The lowest BCUT2D eigenvalue weighted by atomic mass is 10.0. The van der Waals surface area contributed by atoms with Crippen LogP contribution in [0.5, 0.6) is 11.6 Å². The molecule has 0 amide bonds. The van der Waals surface area contributed by atoms with E-state index in [1.807, 2.05) is 19.1 Å². The molecule has 3 nitrogen and oxygen atoms in total. The molecular weight excluding hydrogens is 236 g/mol. The quantitative estimate of drug-likeness (QED) is 0.895. The Bertz CT molecular complexity index is 591. The van der Waals surface area contributed by atoms with Crippen molar-refractivity contribution in [2.75, 3.05) is 5.73 Å². The van der Waals surface area contributed by atoms with Gasteiger partial charge in [-0.25, -0.2) is 4.98 Å². The second-order valence-electron chi connectivity index (χ2n) is 5.18. The molecule has 0 radical (unpaired) electrons. The van der Waals surface area contributed by atoms with E-state index in [-0.39, 0.29) is 0 Å². The molecule has 0 fully saturated rings. The minimum absolute atomic E-state index is 0.408. The molecule has 0 saturated heterocycles. The fourth-order valence-corrected chi connectivity index (χ4v) is 1.92. The highest BCUT2D eigenvalue weighted by molar-refractivity contribution is 5.47.